The Morgan fingerprint density at radius 3 is 2.51 bits per heavy atom. The number of H-pyrrole nitrogens is 1. The monoisotopic (exact) mass is 537 g/mol. The SMILES string of the molecule is CC.CCn1nc(C)cc1-c1ncc2c(n1)[nH]c1c(OCCCN(C)C(=O)OC(C)(C)C)cc(C(N)=O)cc12. The number of aromatic amines is 1. The highest BCUT2D eigenvalue weighted by Gasteiger charge is 2.20. The molecule has 210 valence electrons. The van der Waals surface area contributed by atoms with Gasteiger partial charge in [0.15, 0.2) is 5.82 Å². The third-order valence-corrected chi connectivity index (χ3v) is 5.74. The number of rotatable bonds is 8. The molecule has 0 spiro atoms. The summed E-state index contributed by atoms with van der Waals surface area (Å²) < 4.78 is 13.3. The van der Waals surface area contributed by atoms with Gasteiger partial charge in [-0.25, -0.2) is 14.8 Å². The van der Waals surface area contributed by atoms with Crippen LogP contribution in [0.1, 0.15) is 64.0 Å². The zero-order valence-electron chi connectivity index (χ0n) is 24.1. The highest BCUT2D eigenvalue weighted by molar-refractivity contribution is 6.11. The van der Waals surface area contributed by atoms with Crippen molar-refractivity contribution in [2.45, 2.75) is 67.0 Å². The van der Waals surface area contributed by atoms with Crippen LogP contribution in [0, 0.1) is 6.92 Å². The maximum absolute atomic E-state index is 12.2. The molecule has 3 heterocycles. The summed E-state index contributed by atoms with van der Waals surface area (Å²) in [7, 11) is 1.68. The number of carbonyl (C=O) groups excluding carboxylic acids is 2. The molecule has 0 bridgehead atoms. The van der Waals surface area contributed by atoms with Crippen molar-refractivity contribution in [3.63, 3.8) is 0 Å². The van der Waals surface area contributed by atoms with Crippen LogP contribution in [0.4, 0.5) is 4.79 Å². The second-order valence-electron chi connectivity index (χ2n) is 9.93. The van der Waals surface area contributed by atoms with Crippen molar-refractivity contribution in [1.82, 2.24) is 29.6 Å². The Morgan fingerprint density at radius 1 is 1.15 bits per heavy atom. The summed E-state index contributed by atoms with van der Waals surface area (Å²) in [5.74, 6) is 0.454. The van der Waals surface area contributed by atoms with Crippen LogP contribution in [-0.2, 0) is 11.3 Å². The molecule has 2 amide bonds. The van der Waals surface area contributed by atoms with Gasteiger partial charge in [0.2, 0.25) is 5.91 Å². The molecule has 3 N–H and O–H groups in total. The molecule has 0 fully saturated rings. The second-order valence-corrected chi connectivity index (χ2v) is 9.93. The van der Waals surface area contributed by atoms with Gasteiger partial charge in [0.05, 0.1) is 17.8 Å². The fourth-order valence-corrected chi connectivity index (χ4v) is 4.01. The Kier molecular flexibility index (Phi) is 9.15. The first-order valence-electron chi connectivity index (χ1n) is 13.2. The van der Waals surface area contributed by atoms with E-state index in [1.807, 2.05) is 59.2 Å². The summed E-state index contributed by atoms with van der Waals surface area (Å²) in [5, 5.41) is 5.96. The van der Waals surface area contributed by atoms with Crippen molar-refractivity contribution < 1.29 is 19.1 Å². The molecule has 3 aromatic heterocycles. The lowest BCUT2D eigenvalue weighted by Crippen LogP contribution is -2.35. The normalized spacial score (nSPS) is 11.3. The molecule has 4 rings (SSSR count). The van der Waals surface area contributed by atoms with Gasteiger partial charge in [0, 0.05) is 42.7 Å². The summed E-state index contributed by atoms with van der Waals surface area (Å²) in [6.45, 7) is 14.9. The van der Waals surface area contributed by atoms with Gasteiger partial charge in [0.1, 0.15) is 22.7 Å². The van der Waals surface area contributed by atoms with E-state index in [1.165, 1.54) is 4.90 Å². The van der Waals surface area contributed by atoms with Crippen molar-refractivity contribution in [1.29, 1.82) is 0 Å². The van der Waals surface area contributed by atoms with E-state index in [9.17, 15) is 9.59 Å². The summed E-state index contributed by atoms with van der Waals surface area (Å²) >= 11 is 0. The van der Waals surface area contributed by atoms with Crippen LogP contribution in [0.2, 0.25) is 0 Å². The number of hydrogen-bond acceptors (Lipinski definition) is 7. The molecule has 0 aliphatic heterocycles. The number of fused-ring (bicyclic) bond motifs is 3. The molecule has 0 saturated carbocycles. The third-order valence-electron chi connectivity index (χ3n) is 5.74. The minimum Gasteiger partial charge on any atom is -0.491 e. The summed E-state index contributed by atoms with van der Waals surface area (Å²) in [6, 6.07) is 5.27. The minimum absolute atomic E-state index is 0.311. The number of nitrogens with one attached hydrogen (secondary N) is 1. The Labute approximate surface area is 228 Å². The first-order valence-corrected chi connectivity index (χ1v) is 13.2. The smallest absolute Gasteiger partial charge is 0.410 e. The van der Waals surface area contributed by atoms with Gasteiger partial charge in [-0.15, -0.1) is 0 Å². The van der Waals surface area contributed by atoms with Crippen molar-refractivity contribution in [3.8, 4) is 17.3 Å². The zero-order chi connectivity index (χ0) is 28.9. The number of hydrogen-bond donors (Lipinski definition) is 2. The van der Waals surface area contributed by atoms with E-state index >= 15 is 0 Å². The van der Waals surface area contributed by atoms with Crippen LogP contribution >= 0.6 is 0 Å². The number of carbonyl (C=O) groups is 2. The van der Waals surface area contributed by atoms with Crippen LogP contribution in [-0.4, -0.2) is 67.4 Å². The topological polar surface area (TPSA) is 141 Å². The van der Waals surface area contributed by atoms with Crippen molar-refractivity contribution >= 4 is 33.9 Å². The largest absolute Gasteiger partial charge is 0.491 e. The van der Waals surface area contributed by atoms with E-state index in [0.717, 1.165) is 22.2 Å². The molecule has 0 aliphatic carbocycles. The second kappa shape index (κ2) is 12.1. The summed E-state index contributed by atoms with van der Waals surface area (Å²) in [5.41, 5.74) is 8.36. The van der Waals surface area contributed by atoms with E-state index in [2.05, 4.69) is 15.1 Å². The van der Waals surface area contributed by atoms with Crippen LogP contribution in [0.3, 0.4) is 0 Å². The van der Waals surface area contributed by atoms with Gasteiger partial charge >= 0.3 is 6.09 Å². The molecule has 11 nitrogen and oxygen atoms in total. The molecule has 11 heteroatoms. The first-order chi connectivity index (χ1) is 18.5. The molecule has 4 aromatic rings. The average molecular weight is 538 g/mol. The highest BCUT2D eigenvalue weighted by Crippen LogP contribution is 2.33. The number of ether oxygens (including phenoxy) is 2. The van der Waals surface area contributed by atoms with Crippen LogP contribution < -0.4 is 10.5 Å². The van der Waals surface area contributed by atoms with Gasteiger partial charge in [0.25, 0.3) is 0 Å². The summed E-state index contributed by atoms with van der Waals surface area (Å²) in [6.07, 6.45) is 1.89. The Balaban J connectivity index is 0.00000205. The first kappa shape index (κ1) is 29.4. The Morgan fingerprint density at radius 2 is 1.87 bits per heavy atom. The van der Waals surface area contributed by atoms with E-state index in [1.54, 1.807) is 25.4 Å². The Bertz CT molecular complexity index is 1470. The van der Waals surface area contributed by atoms with Crippen LogP contribution in [0.5, 0.6) is 5.75 Å². The lowest BCUT2D eigenvalue weighted by molar-refractivity contribution is 0.0292. The molecule has 0 unspecified atom stereocenters. The van der Waals surface area contributed by atoms with Crippen LogP contribution in [0.25, 0.3) is 33.5 Å². The van der Waals surface area contributed by atoms with Gasteiger partial charge < -0.3 is 25.1 Å². The number of nitrogens with zero attached hydrogens (tertiary/aromatic N) is 5. The Hall–Kier alpha value is -4.15. The number of benzene rings is 1. The van der Waals surface area contributed by atoms with E-state index in [-0.39, 0.29) is 0 Å². The van der Waals surface area contributed by atoms with Crippen molar-refractivity contribution in [2.75, 3.05) is 20.2 Å². The predicted octanol–water partition coefficient (Wildman–Crippen LogP) is 5.06. The fraction of sp³-hybridized carbons (Fsp3) is 0.464. The number of aryl methyl sites for hydroxylation is 2. The standard InChI is InChI=1S/C26H33N7O4.C2H6/c1-7-33-19(11-15(2)31-33)24-28-14-18-17-12-16(22(27)34)13-20(21(17)29-23(18)30-24)36-10-8-9-32(6)25(35)37-26(3,4)5;1-2/h11-14H,7-10H2,1-6H3,(H2,27,34)(H,28,29,30);1-2H3. The number of primary amides is 1. The molecule has 39 heavy (non-hydrogen) atoms. The molecular weight excluding hydrogens is 498 g/mol. The summed E-state index contributed by atoms with van der Waals surface area (Å²) in [4.78, 5) is 38.3. The number of amides is 2. The van der Waals surface area contributed by atoms with E-state index in [0.29, 0.717) is 54.4 Å². The molecule has 1 aromatic carbocycles. The van der Waals surface area contributed by atoms with Crippen LogP contribution in [0.15, 0.2) is 24.4 Å². The minimum atomic E-state index is -0.564. The highest BCUT2D eigenvalue weighted by atomic mass is 16.6. The van der Waals surface area contributed by atoms with Gasteiger partial charge in [-0.3, -0.25) is 9.48 Å². The molecule has 0 aliphatic rings. The fourth-order valence-electron chi connectivity index (χ4n) is 4.01. The predicted molar refractivity (Wildman–Crippen MR) is 152 cm³/mol. The van der Waals surface area contributed by atoms with E-state index in [4.69, 9.17) is 20.2 Å². The van der Waals surface area contributed by atoms with Gasteiger partial charge in [-0.2, -0.15) is 5.10 Å². The third kappa shape index (κ3) is 6.84. The lowest BCUT2D eigenvalue weighted by Gasteiger charge is -2.24. The maximum atomic E-state index is 12.2. The number of nitrogens with two attached hydrogens (primary N) is 1. The van der Waals surface area contributed by atoms with E-state index < -0.39 is 17.6 Å². The lowest BCUT2D eigenvalue weighted by atomic mass is 10.1. The van der Waals surface area contributed by atoms with Gasteiger partial charge in [-0.05, 0) is 59.2 Å². The van der Waals surface area contributed by atoms with Crippen molar-refractivity contribution in [2.24, 2.45) is 5.73 Å². The molecular formula is C28H39N7O4. The average Bonchev–Trinajstić information content (AvgIpc) is 3.45. The maximum Gasteiger partial charge on any atom is 0.410 e. The molecule has 0 atom stereocenters. The van der Waals surface area contributed by atoms with Crippen molar-refractivity contribution in [3.05, 3.63) is 35.7 Å². The number of aromatic nitrogens is 5. The quantitative estimate of drug-likeness (QED) is 0.299. The van der Waals surface area contributed by atoms with Gasteiger partial charge in [-0.1, -0.05) is 13.8 Å². The zero-order valence-corrected chi connectivity index (χ0v) is 24.1. The molecule has 0 radical (unpaired) electrons. The molecule has 0 saturated heterocycles.